The van der Waals surface area contributed by atoms with Crippen LogP contribution in [0, 0.1) is 0 Å². The minimum atomic E-state index is -0.836. The first kappa shape index (κ1) is 19.5. The van der Waals surface area contributed by atoms with Gasteiger partial charge in [0.1, 0.15) is 0 Å². The van der Waals surface area contributed by atoms with E-state index in [1.54, 1.807) is 29.2 Å². The number of ketones is 1. The average Bonchev–Trinajstić information content (AvgIpc) is 2.69. The van der Waals surface area contributed by atoms with Gasteiger partial charge in [-0.1, -0.05) is 24.3 Å². The fourth-order valence-electron chi connectivity index (χ4n) is 3.75. The third-order valence-electron chi connectivity index (χ3n) is 5.41. The van der Waals surface area contributed by atoms with Crippen LogP contribution >= 0.6 is 0 Å². The number of nitrogens with one attached hydrogen (secondary N) is 1. The van der Waals surface area contributed by atoms with Crippen LogP contribution in [0.15, 0.2) is 24.3 Å². The van der Waals surface area contributed by atoms with E-state index in [0.717, 1.165) is 38.0 Å². The van der Waals surface area contributed by atoms with Gasteiger partial charge in [-0.25, -0.2) is 0 Å². The molecule has 7 heteroatoms. The van der Waals surface area contributed by atoms with Crippen LogP contribution in [0.1, 0.15) is 35.2 Å². The van der Waals surface area contributed by atoms with E-state index in [1.165, 1.54) is 0 Å². The molecule has 0 radical (unpaired) electrons. The Bertz CT molecular complexity index is 683. The van der Waals surface area contributed by atoms with E-state index >= 15 is 0 Å². The maximum Gasteiger partial charge on any atom is 0.303 e. The van der Waals surface area contributed by atoms with Crippen molar-refractivity contribution in [2.45, 2.75) is 31.7 Å². The van der Waals surface area contributed by atoms with Gasteiger partial charge >= 0.3 is 5.97 Å². The summed E-state index contributed by atoms with van der Waals surface area (Å²) in [6.07, 6.45) is 2.66. The normalized spacial score (nSPS) is 19.3. The van der Waals surface area contributed by atoms with Gasteiger partial charge in [0.15, 0.2) is 5.78 Å². The van der Waals surface area contributed by atoms with E-state index < -0.39 is 5.97 Å². The summed E-state index contributed by atoms with van der Waals surface area (Å²) in [7, 11) is 0. The number of hydrogen-bond donors (Lipinski definition) is 2. The molecule has 1 aromatic rings. The molecule has 7 nitrogen and oxygen atoms in total. The van der Waals surface area contributed by atoms with Crippen LogP contribution in [-0.2, 0) is 16.0 Å². The summed E-state index contributed by atoms with van der Waals surface area (Å²) in [5, 5.41) is 12.1. The first-order valence-corrected chi connectivity index (χ1v) is 9.59. The number of benzene rings is 1. The molecule has 0 bridgehead atoms. The second kappa shape index (κ2) is 9.10. The zero-order chi connectivity index (χ0) is 19.2. The van der Waals surface area contributed by atoms with Crippen molar-refractivity contribution >= 4 is 17.7 Å². The van der Waals surface area contributed by atoms with Crippen LogP contribution < -0.4 is 5.32 Å². The monoisotopic (exact) mass is 373 g/mol. The van der Waals surface area contributed by atoms with Crippen LogP contribution in [0.2, 0.25) is 0 Å². The predicted octanol–water partition coefficient (Wildman–Crippen LogP) is 0.783. The highest BCUT2D eigenvalue weighted by atomic mass is 16.4. The van der Waals surface area contributed by atoms with E-state index in [2.05, 4.69) is 10.2 Å². The Balaban J connectivity index is 1.50. The Morgan fingerprint density at radius 1 is 1.11 bits per heavy atom. The number of carboxylic acid groups (broad SMARTS) is 1. The topological polar surface area (TPSA) is 89.9 Å². The van der Waals surface area contributed by atoms with E-state index in [0.29, 0.717) is 31.1 Å². The van der Waals surface area contributed by atoms with Gasteiger partial charge in [0.2, 0.25) is 5.91 Å². The van der Waals surface area contributed by atoms with Gasteiger partial charge in [-0.15, -0.1) is 0 Å². The van der Waals surface area contributed by atoms with Crippen LogP contribution in [0.4, 0.5) is 0 Å². The zero-order valence-electron chi connectivity index (χ0n) is 15.5. The fraction of sp³-hybridized carbons (Fsp3) is 0.550. The lowest BCUT2D eigenvalue weighted by atomic mass is 10.0. The minimum absolute atomic E-state index is 0.0196. The van der Waals surface area contributed by atoms with Gasteiger partial charge in [0, 0.05) is 31.1 Å². The molecule has 0 unspecified atom stereocenters. The van der Waals surface area contributed by atoms with Gasteiger partial charge < -0.3 is 15.3 Å². The number of carboxylic acids is 1. The number of aryl methyl sites for hydroxylation is 1. The number of piperidine rings is 1. The number of Topliss-reactive ketones (excluding diaryl/α,β-unsaturated/α-hetero) is 1. The van der Waals surface area contributed by atoms with Crippen molar-refractivity contribution in [3.63, 3.8) is 0 Å². The van der Waals surface area contributed by atoms with Gasteiger partial charge in [0.05, 0.1) is 13.1 Å². The van der Waals surface area contributed by atoms with Gasteiger partial charge in [-0.3, -0.25) is 19.3 Å². The zero-order valence-corrected chi connectivity index (χ0v) is 15.5. The summed E-state index contributed by atoms with van der Waals surface area (Å²) in [5.74, 6) is -0.896. The molecule has 2 heterocycles. The summed E-state index contributed by atoms with van der Waals surface area (Å²) < 4.78 is 0. The number of hydrogen-bond acceptors (Lipinski definition) is 5. The summed E-state index contributed by atoms with van der Waals surface area (Å²) >= 11 is 0. The molecule has 0 saturated carbocycles. The number of carbonyl (C=O) groups excluding carboxylic acids is 2. The third kappa shape index (κ3) is 5.37. The standard InChI is InChI=1S/C20H27N3O4/c24-18(16-4-1-15(2-5-16)3-6-20(26)27)13-23-12-11-22(14-19(23)25)17-7-9-21-10-8-17/h1-2,4-5,17,21H,3,6-14H2,(H,26,27). The molecular formula is C20H27N3O4. The highest BCUT2D eigenvalue weighted by Crippen LogP contribution is 2.16. The van der Waals surface area contributed by atoms with Crippen LogP contribution in [0.3, 0.4) is 0 Å². The quantitative estimate of drug-likeness (QED) is 0.687. The Kier molecular flexibility index (Phi) is 6.58. The highest BCUT2D eigenvalue weighted by molar-refractivity contribution is 5.99. The van der Waals surface area contributed by atoms with Crippen molar-refractivity contribution < 1.29 is 19.5 Å². The van der Waals surface area contributed by atoms with Crippen LogP contribution in [0.5, 0.6) is 0 Å². The van der Waals surface area contributed by atoms with Gasteiger partial charge in [-0.2, -0.15) is 0 Å². The van der Waals surface area contributed by atoms with Crippen molar-refractivity contribution in [3.8, 4) is 0 Å². The van der Waals surface area contributed by atoms with Crippen LogP contribution in [-0.4, -0.2) is 77.9 Å². The average molecular weight is 373 g/mol. The molecule has 2 N–H and O–H groups in total. The summed E-state index contributed by atoms with van der Waals surface area (Å²) in [5.41, 5.74) is 1.45. The third-order valence-corrected chi connectivity index (χ3v) is 5.41. The molecule has 2 saturated heterocycles. The Hall–Kier alpha value is -2.25. The molecule has 1 amide bonds. The largest absolute Gasteiger partial charge is 0.481 e. The smallest absolute Gasteiger partial charge is 0.303 e. The van der Waals surface area contributed by atoms with Gasteiger partial charge in [-0.05, 0) is 37.9 Å². The lowest BCUT2D eigenvalue weighted by molar-refractivity contribution is -0.137. The molecule has 1 aromatic carbocycles. The van der Waals surface area contributed by atoms with Crippen molar-refractivity contribution in [2.24, 2.45) is 0 Å². The summed E-state index contributed by atoms with van der Waals surface area (Å²) in [6, 6.07) is 7.47. The number of carbonyl (C=O) groups is 3. The van der Waals surface area contributed by atoms with Crippen molar-refractivity contribution in [3.05, 3.63) is 35.4 Å². The maximum absolute atomic E-state index is 12.5. The number of piperazine rings is 1. The molecule has 0 aliphatic carbocycles. The first-order valence-electron chi connectivity index (χ1n) is 9.59. The second-order valence-corrected chi connectivity index (χ2v) is 7.28. The fourth-order valence-corrected chi connectivity index (χ4v) is 3.75. The molecule has 0 spiro atoms. The molecule has 3 rings (SSSR count). The number of nitrogens with zero attached hydrogens (tertiary/aromatic N) is 2. The number of amides is 1. The lowest BCUT2D eigenvalue weighted by Gasteiger charge is -2.40. The number of aliphatic carboxylic acids is 1. The van der Waals surface area contributed by atoms with Crippen LogP contribution in [0.25, 0.3) is 0 Å². The van der Waals surface area contributed by atoms with Crippen molar-refractivity contribution in [1.29, 1.82) is 0 Å². The van der Waals surface area contributed by atoms with E-state index in [4.69, 9.17) is 5.11 Å². The van der Waals surface area contributed by atoms with Crippen molar-refractivity contribution in [2.75, 3.05) is 39.3 Å². The Morgan fingerprint density at radius 3 is 2.44 bits per heavy atom. The van der Waals surface area contributed by atoms with Crippen molar-refractivity contribution in [1.82, 2.24) is 15.1 Å². The molecule has 27 heavy (non-hydrogen) atoms. The molecule has 2 fully saturated rings. The summed E-state index contributed by atoms with van der Waals surface area (Å²) in [4.78, 5) is 39.5. The molecule has 0 aromatic heterocycles. The second-order valence-electron chi connectivity index (χ2n) is 7.28. The molecule has 2 aliphatic heterocycles. The Labute approximate surface area is 159 Å². The molecule has 2 aliphatic rings. The molecule has 146 valence electrons. The Morgan fingerprint density at radius 2 is 1.81 bits per heavy atom. The highest BCUT2D eigenvalue weighted by Gasteiger charge is 2.30. The van der Waals surface area contributed by atoms with Gasteiger partial charge in [0.25, 0.3) is 0 Å². The first-order chi connectivity index (χ1) is 13.0. The summed E-state index contributed by atoms with van der Waals surface area (Å²) in [6.45, 7) is 3.91. The molecule has 0 atom stereocenters. The molecular weight excluding hydrogens is 346 g/mol. The lowest BCUT2D eigenvalue weighted by Crippen LogP contribution is -2.56. The minimum Gasteiger partial charge on any atom is -0.481 e. The predicted molar refractivity (Wildman–Crippen MR) is 101 cm³/mol. The maximum atomic E-state index is 12.5. The SMILES string of the molecule is O=C(O)CCc1ccc(C(=O)CN2CCN(C3CCNCC3)CC2=O)cc1. The number of rotatable bonds is 7. The van der Waals surface area contributed by atoms with E-state index in [1.807, 2.05) is 0 Å². The van der Waals surface area contributed by atoms with E-state index in [-0.39, 0.29) is 24.7 Å². The van der Waals surface area contributed by atoms with E-state index in [9.17, 15) is 14.4 Å².